The van der Waals surface area contributed by atoms with Crippen LogP contribution in [0.15, 0.2) is 23.1 Å². The maximum absolute atomic E-state index is 15.0. The van der Waals surface area contributed by atoms with Gasteiger partial charge in [-0.3, -0.25) is 4.79 Å². The number of benzene rings is 1. The van der Waals surface area contributed by atoms with Gasteiger partial charge in [0.25, 0.3) is 0 Å². The van der Waals surface area contributed by atoms with Gasteiger partial charge in [0.05, 0.1) is 17.7 Å². The van der Waals surface area contributed by atoms with Gasteiger partial charge in [0.2, 0.25) is 5.43 Å². The van der Waals surface area contributed by atoms with E-state index in [1.54, 1.807) is 6.07 Å². The van der Waals surface area contributed by atoms with Gasteiger partial charge in [-0.1, -0.05) is 0 Å². The van der Waals surface area contributed by atoms with Crippen LogP contribution < -0.4 is 10.3 Å². The van der Waals surface area contributed by atoms with Crippen LogP contribution in [0.1, 0.15) is 23.2 Å². The topological polar surface area (TPSA) is 65.8 Å². The SMILES string of the molecule is O=C(O)c1cn(CCF)c2cc(N3CCN4CCC3CC4)c(F)cc2c1=O. The number of hydrogen-bond donors (Lipinski definition) is 1. The number of aromatic nitrogens is 1. The second-order valence-electron chi connectivity index (χ2n) is 7.15. The zero-order chi connectivity index (χ0) is 19.1. The Morgan fingerprint density at radius 2 is 1.93 bits per heavy atom. The van der Waals surface area contributed by atoms with Gasteiger partial charge in [-0.25, -0.2) is 13.6 Å². The highest BCUT2D eigenvalue weighted by Gasteiger charge is 2.31. The van der Waals surface area contributed by atoms with E-state index in [-0.39, 0.29) is 18.0 Å². The Morgan fingerprint density at radius 3 is 2.59 bits per heavy atom. The van der Waals surface area contributed by atoms with Crippen LogP contribution in [0.3, 0.4) is 0 Å². The third-order valence-electron chi connectivity index (χ3n) is 5.67. The number of alkyl halides is 1. The molecule has 3 aliphatic heterocycles. The van der Waals surface area contributed by atoms with Crippen LogP contribution in [0, 0.1) is 5.82 Å². The van der Waals surface area contributed by atoms with Crippen molar-refractivity contribution in [2.45, 2.75) is 25.4 Å². The normalized spacial score (nSPS) is 22.2. The van der Waals surface area contributed by atoms with Crippen LogP contribution in [-0.4, -0.2) is 59.4 Å². The van der Waals surface area contributed by atoms with Crippen LogP contribution in [0.2, 0.25) is 0 Å². The van der Waals surface area contributed by atoms with E-state index in [1.807, 2.05) is 4.90 Å². The van der Waals surface area contributed by atoms with E-state index in [9.17, 15) is 23.5 Å². The van der Waals surface area contributed by atoms with Crippen molar-refractivity contribution >= 4 is 22.6 Å². The van der Waals surface area contributed by atoms with Crippen molar-refractivity contribution < 1.29 is 18.7 Å². The summed E-state index contributed by atoms with van der Waals surface area (Å²) in [5, 5.41) is 9.20. The molecule has 0 atom stereocenters. The average molecular weight is 377 g/mol. The number of aryl methyl sites for hydroxylation is 1. The summed E-state index contributed by atoms with van der Waals surface area (Å²) in [7, 11) is 0. The lowest BCUT2D eigenvalue weighted by molar-refractivity contribution is 0.0694. The zero-order valence-corrected chi connectivity index (χ0v) is 14.8. The first-order valence-electron chi connectivity index (χ1n) is 9.14. The Hall–Kier alpha value is -2.48. The number of fused-ring (bicyclic) bond motifs is 5. The van der Waals surface area contributed by atoms with E-state index in [0.29, 0.717) is 17.7 Å². The minimum Gasteiger partial charge on any atom is -0.477 e. The monoisotopic (exact) mass is 377 g/mol. The van der Waals surface area contributed by atoms with E-state index in [2.05, 4.69) is 4.90 Å². The molecule has 8 heteroatoms. The van der Waals surface area contributed by atoms with Crippen LogP contribution in [0.5, 0.6) is 0 Å². The number of hydrogen-bond acceptors (Lipinski definition) is 4. The summed E-state index contributed by atoms with van der Waals surface area (Å²) >= 11 is 0. The number of aromatic carboxylic acids is 1. The Bertz CT molecular complexity index is 951. The first kappa shape index (κ1) is 17.9. The molecule has 3 aliphatic rings. The molecule has 3 fully saturated rings. The molecule has 2 aromatic rings. The number of nitrogens with zero attached hydrogens (tertiary/aromatic N) is 3. The summed E-state index contributed by atoms with van der Waals surface area (Å²) in [5.74, 6) is -1.95. The largest absolute Gasteiger partial charge is 0.477 e. The molecule has 3 saturated heterocycles. The fourth-order valence-electron chi connectivity index (χ4n) is 4.25. The van der Waals surface area contributed by atoms with E-state index in [1.165, 1.54) is 4.57 Å². The second kappa shape index (κ2) is 6.92. The molecule has 1 N–H and O–H groups in total. The summed E-state index contributed by atoms with van der Waals surface area (Å²) in [6.07, 6.45) is 3.05. The van der Waals surface area contributed by atoms with Crippen LogP contribution >= 0.6 is 0 Å². The predicted octanol–water partition coefficient (Wildman–Crippen LogP) is 2.09. The molecule has 0 radical (unpaired) electrons. The van der Waals surface area contributed by atoms with Crippen LogP contribution in [0.4, 0.5) is 14.5 Å². The lowest BCUT2D eigenvalue weighted by atomic mass is 10.0. The molecule has 0 spiro atoms. The van der Waals surface area contributed by atoms with Crippen molar-refractivity contribution in [3.8, 4) is 0 Å². The Morgan fingerprint density at radius 1 is 1.19 bits per heavy atom. The Balaban J connectivity index is 1.89. The predicted molar refractivity (Wildman–Crippen MR) is 97.9 cm³/mol. The Kier molecular flexibility index (Phi) is 4.59. The first-order valence-corrected chi connectivity index (χ1v) is 9.14. The highest BCUT2D eigenvalue weighted by atomic mass is 19.1. The van der Waals surface area contributed by atoms with Crippen molar-refractivity contribution in [3.05, 3.63) is 39.9 Å². The summed E-state index contributed by atoms with van der Waals surface area (Å²) in [6, 6.07) is 2.91. The van der Waals surface area contributed by atoms with Gasteiger partial charge in [-0.2, -0.15) is 0 Å². The van der Waals surface area contributed by atoms with Gasteiger partial charge >= 0.3 is 5.97 Å². The number of pyridine rings is 1. The molecule has 0 aliphatic carbocycles. The quantitative estimate of drug-likeness (QED) is 0.884. The molecule has 4 heterocycles. The number of carboxylic acids is 1. The molecule has 1 aromatic carbocycles. The summed E-state index contributed by atoms with van der Waals surface area (Å²) in [6.45, 7) is 2.71. The van der Waals surface area contributed by atoms with Gasteiger partial charge in [0.15, 0.2) is 0 Å². The third kappa shape index (κ3) is 3.07. The molecule has 5 rings (SSSR count). The van der Waals surface area contributed by atoms with Crippen molar-refractivity contribution in [3.63, 3.8) is 0 Å². The summed E-state index contributed by atoms with van der Waals surface area (Å²) in [5.41, 5.74) is -0.477. The maximum Gasteiger partial charge on any atom is 0.341 e. The maximum atomic E-state index is 15.0. The highest BCUT2D eigenvalue weighted by molar-refractivity contribution is 5.93. The van der Waals surface area contributed by atoms with E-state index in [4.69, 9.17) is 0 Å². The molecule has 0 amide bonds. The zero-order valence-electron chi connectivity index (χ0n) is 14.8. The standard InChI is InChI=1S/C19H21F2N3O3/c20-3-6-23-11-14(19(26)27)18(25)13-9-15(21)17(10-16(13)23)24-8-7-22-4-1-12(24)2-5-22/h9-12H,1-8H2,(H,26,27). The number of rotatable bonds is 4. The number of anilines is 1. The third-order valence-corrected chi connectivity index (χ3v) is 5.67. The number of piperidine rings is 1. The van der Waals surface area contributed by atoms with Gasteiger partial charge in [-0.15, -0.1) is 0 Å². The molecule has 0 saturated carbocycles. The smallest absolute Gasteiger partial charge is 0.341 e. The van der Waals surface area contributed by atoms with E-state index < -0.39 is 29.5 Å². The lowest BCUT2D eigenvalue weighted by Crippen LogP contribution is -2.38. The minimum atomic E-state index is -1.41. The molecule has 2 bridgehead atoms. The Labute approximate surface area is 154 Å². The van der Waals surface area contributed by atoms with Gasteiger partial charge < -0.3 is 19.5 Å². The fraction of sp³-hybridized carbons (Fsp3) is 0.474. The van der Waals surface area contributed by atoms with E-state index >= 15 is 0 Å². The van der Waals surface area contributed by atoms with Crippen LogP contribution in [0.25, 0.3) is 10.9 Å². The number of carbonyl (C=O) groups is 1. The van der Waals surface area contributed by atoms with Crippen LogP contribution in [-0.2, 0) is 6.54 Å². The summed E-state index contributed by atoms with van der Waals surface area (Å²) < 4.78 is 29.4. The second-order valence-corrected chi connectivity index (χ2v) is 7.15. The van der Waals surface area contributed by atoms with Gasteiger partial charge in [0, 0.05) is 43.8 Å². The van der Waals surface area contributed by atoms with Gasteiger partial charge in [-0.05, 0) is 25.0 Å². The number of halogens is 2. The van der Waals surface area contributed by atoms with Crippen molar-refractivity contribution in [1.29, 1.82) is 0 Å². The molecule has 1 aromatic heterocycles. The molecule has 0 unspecified atom stereocenters. The van der Waals surface area contributed by atoms with Gasteiger partial charge in [0.1, 0.15) is 18.1 Å². The minimum absolute atomic E-state index is 0.0347. The van der Waals surface area contributed by atoms with Crippen molar-refractivity contribution in [2.24, 2.45) is 0 Å². The van der Waals surface area contributed by atoms with Crippen molar-refractivity contribution in [1.82, 2.24) is 9.47 Å². The van der Waals surface area contributed by atoms with E-state index in [0.717, 1.165) is 44.7 Å². The average Bonchev–Trinajstić information content (AvgIpc) is 2.97. The van der Waals surface area contributed by atoms with Crippen molar-refractivity contribution in [2.75, 3.05) is 37.8 Å². The highest BCUT2D eigenvalue weighted by Crippen LogP contribution is 2.31. The fourth-order valence-corrected chi connectivity index (χ4v) is 4.25. The molecule has 144 valence electrons. The molecular formula is C19H21F2N3O3. The molecule has 27 heavy (non-hydrogen) atoms. The first-order chi connectivity index (χ1) is 13.0. The molecule has 6 nitrogen and oxygen atoms in total. The lowest BCUT2D eigenvalue weighted by Gasteiger charge is -2.33. The summed E-state index contributed by atoms with van der Waals surface area (Å²) in [4.78, 5) is 28.2. The number of carboxylic acid groups (broad SMARTS) is 1. The molecular weight excluding hydrogens is 356 g/mol.